The Morgan fingerprint density at radius 1 is 1.06 bits per heavy atom. The summed E-state index contributed by atoms with van der Waals surface area (Å²) in [7, 11) is 0. The fourth-order valence-corrected chi connectivity index (χ4v) is 4.93. The maximum Gasteiger partial charge on any atom is 0.269 e. The summed E-state index contributed by atoms with van der Waals surface area (Å²) in [4.78, 5) is 27.8. The van der Waals surface area contributed by atoms with Crippen molar-refractivity contribution >= 4 is 50.9 Å². The van der Waals surface area contributed by atoms with Crippen LogP contribution in [0.2, 0.25) is 0 Å². The number of benzene rings is 3. The molecule has 0 aliphatic carbocycles. The highest BCUT2D eigenvalue weighted by Gasteiger charge is 2.40. The molecule has 0 radical (unpaired) electrons. The molecule has 33 heavy (non-hydrogen) atoms. The van der Waals surface area contributed by atoms with E-state index < -0.39 is 11.2 Å². The van der Waals surface area contributed by atoms with Crippen molar-refractivity contribution < 1.29 is 14.0 Å². The van der Waals surface area contributed by atoms with Crippen molar-refractivity contribution in [3.8, 4) is 6.07 Å². The number of carbonyl (C=O) groups excluding carboxylic acids is 2. The average molecular weight is 522 g/mol. The van der Waals surface area contributed by atoms with Gasteiger partial charge in [0.1, 0.15) is 22.5 Å². The minimum Gasteiger partial charge on any atom is -0.321 e. The third kappa shape index (κ3) is 5.16. The summed E-state index contributed by atoms with van der Waals surface area (Å²) in [5, 5.41) is 12.3. The minimum atomic E-state index is -0.594. The Labute approximate surface area is 203 Å². The van der Waals surface area contributed by atoms with E-state index in [1.54, 1.807) is 60.7 Å². The molecule has 1 aliphatic rings. The molecule has 1 aliphatic heterocycles. The van der Waals surface area contributed by atoms with Gasteiger partial charge < -0.3 is 5.32 Å². The Balaban J connectivity index is 1.72. The second kappa shape index (κ2) is 10.0. The fourth-order valence-electron chi connectivity index (χ4n) is 3.36. The summed E-state index contributed by atoms with van der Waals surface area (Å²) in [5.41, 5.74) is 1.73. The normalized spacial score (nSPS) is 16.9. The summed E-state index contributed by atoms with van der Waals surface area (Å²) in [5.74, 6) is -1.20. The number of nitriles is 1. The van der Waals surface area contributed by atoms with Crippen LogP contribution in [0.25, 0.3) is 0 Å². The summed E-state index contributed by atoms with van der Waals surface area (Å²) in [6.07, 6.45) is 0.333. The average Bonchev–Trinajstić information content (AvgIpc) is 3.12. The summed E-state index contributed by atoms with van der Waals surface area (Å²) in [6, 6.07) is 23.8. The summed E-state index contributed by atoms with van der Waals surface area (Å²) in [6.45, 7) is 0. The number of halogens is 2. The monoisotopic (exact) mass is 521 g/mol. The van der Waals surface area contributed by atoms with Gasteiger partial charge >= 0.3 is 0 Å². The number of nitrogens with one attached hydrogen (secondary N) is 1. The van der Waals surface area contributed by atoms with Crippen molar-refractivity contribution in [3.05, 3.63) is 105 Å². The maximum absolute atomic E-state index is 13.4. The van der Waals surface area contributed by atoms with E-state index >= 15 is 0 Å². The first kappa shape index (κ1) is 22.8. The van der Waals surface area contributed by atoms with Gasteiger partial charge in [-0.1, -0.05) is 58.0 Å². The fraction of sp³-hybridized carbons (Fsp3) is 0.0800. The van der Waals surface area contributed by atoms with Gasteiger partial charge in [0.25, 0.3) is 5.91 Å². The summed E-state index contributed by atoms with van der Waals surface area (Å²) < 4.78 is 14.1. The highest BCUT2D eigenvalue weighted by Crippen LogP contribution is 2.42. The second-order valence-electron chi connectivity index (χ2n) is 7.20. The van der Waals surface area contributed by atoms with Crippen LogP contribution in [0.5, 0.6) is 0 Å². The molecule has 3 aromatic carbocycles. The number of amides is 2. The van der Waals surface area contributed by atoms with Crippen LogP contribution in [0, 0.1) is 17.1 Å². The van der Waals surface area contributed by atoms with Crippen molar-refractivity contribution in [2.24, 2.45) is 0 Å². The van der Waals surface area contributed by atoms with Crippen LogP contribution in [-0.2, 0) is 16.0 Å². The molecule has 2 amide bonds. The van der Waals surface area contributed by atoms with Gasteiger partial charge in [-0.2, -0.15) is 5.26 Å². The zero-order chi connectivity index (χ0) is 23.4. The molecule has 0 bridgehead atoms. The molecular weight excluding hydrogens is 505 g/mol. The molecule has 0 unspecified atom stereocenters. The van der Waals surface area contributed by atoms with Crippen molar-refractivity contribution in [2.75, 3.05) is 10.2 Å². The number of hydrogen-bond acceptors (Lipinski definition) is 4. The van der Waals surface area contributed by atoms with Crippen LogP contribution in [-0.4, -0.2) is 17.1 Å². The SMILES string of the molecule is N#C/C(C(=O)Nc1ccccc1)=C1/S[C@H](Cc2ccc(F)cc2)C(=O)N1c1ccc(Br)cc1. The molecule has 8 heteroatoms. The number of hydrogen-bond donors (Lipinski definition) is 1. The third-order valence-corrected chi connectivity index (χ3v) is 6.75. The molecule has 164 valence electrons. The molecule has 5 nitrogen and oxygen atoms in total. The Bertz CT molecular complexity index is 1260. The lowest BCUT2D eigenvalue weighted by Gasteiger charge is -2.19. The highest BCUT2D eigenvalue weighted by atomic mass is 79.9. The van der Waals surface area contributed by atoms with Crippen LogP contribution in [0.1, 0.15) is 5.56 Å². The van der Waals surface area contributed by atoms with E-state index in [-0.39, 0.29) is 22.3 Å². The van der Waals surface area contributed by atoms with E-state index in [0.29, 0.717) is 17.8 Å². The largest absolute Gasteiger partial charge is 0.321 e. The lowest BCUT2D eigenvalue weighted by Crippen LogP contribution is -2.30. The van der Waals surface area contributed by atoms with Crippen LogP contribution >= 0.6 is 27.7 Å². The number of anilines is 2. The van der Waals surface area contributed by atoms with E-state index in [2.05, 4.69) is 21.2 Å². The molecule has 0 aromatic heterocycles. The minimum absolute atomic E-state index is 0.151. The molecular formula is C25H17BrFN3O2S. The highest BCUT2D eigenvalue weighted by molar-refractivity contribution is 9.10. The van der Waals surface area contributed by atoms with E-state index in [1.165, 1.54) is 17.0 Å². The van der Waals surface area contributed by atoms with Crippen LogP contribution in [0.4, 0.5) is 15.8 Å². The number of para-hydroxylation sites is 1. The Hall–Kier alpha value is -3.41. The van der Waals surface area contributed by atoms with Gasteiger partial charge in [0.15, 0.2) is 0 Å². The first-order valence-corrected chi connectivity index (χ1v) is 11.6. The number of carbonyl (C=O) groups is 2. The lowest BCUT2D eigenvalue weighted by molar-refractivity contribution is -0.117. The van der Waals surface area contributed by atoms with Gasteiger partial charge in [0, 0.05) is 15.8 Å². The zero-order valence-corrected chi connectivity index (χ0v) is 19.6. The Kier molecular flexibility index (Phi) is 6.92. The molecule has 3 aromatic rings. The standard InChI is InChI=1S/C25H17BrFN3O2S/c26-17-8-12-20(13-9-17)30-24(32)22(14-16-6-10-18(27)11-7-16)33-25(30)21(15-28)23(31)29-19-4-2-1-3-5-19/h1-13,22H,14H2,(H,29,31)/b25-21-/t22-/m1/s1. The van der Waals surface area contributed by atoms with Gasteiger partial charge in [0.2, 0.25) is 5.91 Å². The van der Waals surface area contributed by atoms with Crippen molar-refractivity contribution in [3.63, 3.8) is 0 Å². The Morgan fingerprint density at radius 3 is 2.36 bits per heavy atom. The first-order chi connectivity index (χ1) is 16.0. The molecule has 0 saturated carbocycles. The van der Waals surface area contributed by atoms with Gasteiger partial charge in [-0.05, 0) is 60.5 Å². The molecule has 1 N–H and O–H groups in total. The van der Waals surface area contributed by atoms with E-state index in [0.717, 1.165) is 21.8 Å². The zero-order valence-electron chi connectivity index (χ0n) is 17.2. The number of thioether (sulfide) groups is 1. The maximum atomic E-state index is 13.4. The molecule has 1 heterocycles. The molecule has 0 spiro atoms. The first-order valence-electron chi connectivity index (χ1n) is 9.97. The number of nitrogens with zero attached hydrogens (tertiary/aromatic N) is 2. The quantitative estimate of drug-likeness (QED) is 0.347. The van der Waals surface area contributed by atoms with Crippen LogP contribution in [0.15, 0.2) is 93.9 Å². The topological polar surface area (TPSA) is 73.2 Å². The molecule has 1 atom stereocenters. The smallest absolute Gasteiger partial charge is 0.269 e. The van der Waals surface area contributed by atoms with Crippen LogP contribution in [0.3, 0.4) is 0 Å². The van der Waals surface area contributed by atoms with Gasteiger partial charge in [-0.25, -0.2) is 4.39 Å². The van der Waals surface area contributed by atoms with E-state index in [1.807, 2.05) is 12.1 Å². The van der Waals surface area contributed by atoms with Crippen molar-refractivity contribution in [1.82, 2.24) is 0 Å². The van der Waals surface area contributed by atoms with Gasteiger partial charge in [-0.3, -0.25) is 14.5 Å². The predicted octanol–water partition coefficient (Wildman–Crippen LogP) is 5.65. The molecule has 1 saturated heterocycles. The second-order valence-corrected chi connectivity index (χ2v) is 9.31. The Morgan fingerprint density at radius 2 is 1.73 bits per heavy atom. The van der Waals surface area contributed by atoms with Gasteiger partial charge in [0.05, 0.1) is 5.25 Å². The molecule has 4 rings (SSSR count). The van der Waals surface area contributed by atoms with Crippen molar-refractivity contribution in [2.45, 2.75) is 11.7 Å². The molecule has 1 fully saturated rings. The van der Waals surface area contributed by atoms with E-state index in [9.17, 15) is 19.2 Å². The summed E-state index contributed by atoms with van der Waals surface area (Å²) >= 11 is 4.55. The lowest BCUT2D eigenvalue weighted by atomic mass is 10.1. The van der Waals surface area contributed by atoms with E-state index in [4.69, 9.17) is 0 Å². The third-order valence-electron chi connectivity index (χ3n) is 4.96. The van der Waals surface area contributed by atoms with Crippen molar-refractivity contribution in [1.29, 1.82) is 5.26 Å². The number of rotatable bonds is 5. The predicted molar refractivity (Wildman–Crippen MR) is 131 cm³/mol. The van der Waals surface area contributed by atoms with Gasteiger partial charge in [-0.15, -0.1) is 0 Å². The van der Waals surface area contributed by atoms with Crippen LogP contribution < -0.4 is 10.2 Å².